The summed E-state index contributed by atoms with van der Waals surface area (Å²) in [6.07, 6.45) is 2.75. The summed E-state index contributed by atoms with van der Waals surface area (Å²) in [6.45, 7) is 4.29. The summed E-state index contributed by atoms with van der Waals surface area (Å²) in [5.74, 6) is 1.68. The van der Waals surface area contributed by atoms with Crippen LogP contribution in [0.25, 0.3) is 0 Å². The fraction of sp³-hybridized carbons (Fsp3) is 0.400. The van der Waals surface area contributed by atoms with Gasteiger partial charge in [0.15, 0.2) is 11.5 Å². The molecule has 0 saturated carbocycles. The standard InChI is InChI=1S/C15H18N2O2S/c1-2-16-12(10-15-17-5-8-20-15)11-3-4-13-14(9-11)19-7-6-18-13/h3-5,8-9,12,16H,2,6-7,10H2,1H3. The molecule has 2 heterocycles. The van der Waals surface area contributed by atoms with Crippen molar-refractivity contribution in [3.8, 4) is 11.5 Å². The van der Waals surface area contributed by atoms with E-state index in [2.05, 4.69) is 29.4 Å². The lowest BCUT2D eigenvalue weighted by Gasteiger charge is -2.22. The Balaban J connectivity index is 1.83. The Bertz CT molecular complexity index is 557. The van der Waals surface area contributed by atoms with Crippen LogP contribution in [-0.4, -0.2) is 24.7 Å². The number of nitrogens with one attached hydrogen (secondary N) is 1. The van der Waals surface area contributed by atoms with Gasteiger partial charge in [0.05, 0.1) is 5.01 Å². The first-order valence-corrected chi connectivity index (χ1v) is 7.76. The minimum absolute atomic E-state index is 0.252. The fourth-order valence-electron chi connectivity index (χ4n) is 2.36. The molecular formula is C15H18N2O2S. The van der Waals surface area contributed by atoms with Crippen LogP contribution in [0.2, 0.25) is 0 Å². The van der Waals surface area contributed by atoms with E-state index in [-0.39, 0.29) is 6.04 Å². The molecule has 0 amide bonds. The Labute approximate surface area is 122 Å². The number of hydrogen-bond acceptors (Lipinski definition) is 5. The van der Waals surface area contributed by atoms with Crippen molar-refractivity contribution in [1.82, 2.24) is 10.3 Å². The Kier molecular flexibility index (Phi) is 4.18. The molecule has 1 N–H and O–H groups in total. The Morgan fingerprint density at radius 1 is 1.30 bits per heavy atom. The lowest BCUT2D eigenvalue weighted by atomic mass is 10.0. The molecule has 0 saturated heterocycles. The van der Waals surface area contributed by atoms with E-state index in [0.29, 0.717) is 13.2 Å². The first kappa shape index (κ1) is 13.4. The van der Waals surface area contributed by atoms with E-state index in [9.17, 15) is 0 Å². The van der Waals surface area contributed by atoms with Gasteiger partial charge in [0.25, 0.3) is 0 Å². The second kappa shape index (κ2) is 6.24. The molecule has 20 heavy (non-hydrogen) atoms. The van der Waals surface area contributed by atoms with Crippen molar-refractivity contribution in [2.45, 2.75) is 19.4 Å². The highest BCUT2D eigenvalue weighted by atomic mass is 32.1. The molecule has 0 radical (unpaired) electrons. The molecule has 1 aromatic carbocycles. The third kappa shape index (κ3) is 2.94. The number of ether oxygens (including phenoxy) is 2. The average Bonchev–Trinajstić information content (AvgIpc) is 2.99. The van der Waals surface area contributed by atoms with Gasteiger partial charge in [-0.05, 0) is 24.2 Å². The topological polar surface area (TPSA) is 43.4 Å². The van der Waals surface area contributed by atoms with Crippen LogP contribution in [0.1, 0.15) is 23.5 Å². The van der Waals surface area contributed by atoms with Gasteiger partial charge in [-0.25, -0.2) is 4.98 Å². The van der Waals surface area contributed by atoms with Gasteiger partial charge in [-0.1, -0.05) is 13.0 Å². The lowest BCUT2D eigenvalue weighted by Crippen LogP contribution is -2.23. The minimum Gasteiger partial charge on any atom is -0.486 e. The third-order valence-electron chi connectivity index (χ3n) is 3.28. The Hall–Kier alpha value is -1.59. The zero-order valence-electron chi connectivity index (χ0n) is 11.5. The monoisotopic (exact) mass is 290 g/mol. The third-order valence-corrected chi connectivity index (χ3v) is 4.08. The normalized spacial score (nSPS) is 15.1. The molecule has 3 rings (SSSR count). The number of rotatable bonds is 5. The van der Waals surface area contributed by atoms with Crippen molar-refractivity contribution >= 4 is 11.3 Å². The van der Waals surface area contributed by atoms with E-state index >= 15 is 0 Å². The van der Waals surface area contributed by atoms with E-state index in [1.54, 1.807) is 11.3 Å². The molecule has 1 aliphatic heterocycles. The van der Waals surface area contributed by atoms with Crippen LogP contribution >= 0.6 is 11.3 Å². The molecule has 1 aromatic heterocycles. The number of aromatic nitrogens is 1. The SMILES string of the molecule is CCNC(Cc1nccs1)c1ccc2c(c1)OCCO2. The summed E-state index contributed by atoms with van der Waals surface area (Å²) in [5, 5.41) is 6.67. The molecule has 0 fully saturated rings. The number of fused-ring (bicyclic) bond motifs is 1. The van der Waals surface area contributed by atoms with Gasteiger partial charge in [0.1, 0.15) is 13.2 Å². The van der Waals surface area contributed by atoms with Crippen LogP contribution in [-0.2, 0) is 6.42 Å². The van der Waals surface area contributed by atoms with Gasteiger partial charge < -0.3 is 14.8 Å². The van der Waals surface area contributed by atoms with Gasteiger partial charge in [-0.3, -0.25) is 0 Å². The molecule has 1 aliphatic rings. The molecular weight excluding hydrogens is 272 g/mol. The van der Waals surface area contributed by atoms with E-state index in [0.717, 1.165) is 29.5 Å². The molecule has 2 aromatic rings. The highest BCUT2D eigenvalue weighted by Crippen LogP contribution is 2.33. The van der Waals surface area contributed by atoms with Crippen molar-refractivity contribution in [2.24, 2.45) is 0 Å². The largest absolute Gasteiger partial charge is 0.486 e. The van der Waals surface area contributed by atoms with Crippen molar-refractivity contribution < 1.29 is 9.47 Å². The summed E-state index contributed by atoms with van der Waals surface area (Å²) in [5.41, 5.74) is 1.21. The van der Waals surface area contributed by atoms with E-state index < -0.39 is 0 Å². The number of nitrogens with zero attached hydrogens (tertiary/aromatic N) is 1. The van der Waals surface area contributed by atoms with Crippen LogP contribution in [0.15, 0.2) is 29.8 Å². The predicted octanol–water partition coefficient (Wildman–Crippen LogP) is 2.81. The zero-order valence-corrected chi connectivity index (χ0v) is 12.3. The molecule has 0 aliphatic carbocycles. The second-order valence-electron chi connectivity index (χ2n) is 4.64. The maximum Gasteiger partial charge on any atom is 0.161 e. The van der Waals surface area contributed by atoms with Crippen LogP contribution in [0.3, 0.4) is 0 Å². The quantitative estimate of drug-likeness (QED) is 0.919. The highest BCUT2D eigenvalue weighted by Gasteiger charge is 2.17. The average molecular weight is 290 g/mol. The molecule has 5 heteroatoms. The summed E-state index contributed by atoms with van der Waals surface area (Å²) < 4.78 is 11.2. The molecule has 4 nitrogen and oxygen atoms in total. The van der Waals surface area contributed by atoms with Gasteiger partial charge >= 0.3 is 0 Å². The number of benzene rings is 1. The van der Waals surface area contributed by atoms with Crippen molar-refractivity contribution in [1.29, 1.82) is 0 Å². The molecule has 0 spiro atoms. The van der Waals surface area contributed by atoms with Crippen LogP contribution < -0.4 is 14.8 Å². The number of likely N-dealkylation sites (N-methyl/N-ethyl adjacent to an activating group) is 1. The van der Waals surface area contributed by atoms with Crippen molar-refractivity contribution in [3.63, 3.8) is 0 Å². The van der Waals surface area contributed by atoms with Crippen molar-refractivity contribution in [3.05, 3.63) is 40.3 Å². The van der Waals surface area contributed by atoms with E-state index in [4.69, 9.17) is 9.47 Å². The van der Waals surface area contributed by atoms with Crippen molar-refractivity contribution in [2.75, 3.05) is 19.8 Å². The Morgan fingerprint density at radius 2 is 2.15 bits per heavy atom. The fourth-order valence-corrected chi connectivity index (χ4v) is 3.02. The van der Waals surface area contributed by atoms with Gasteiger partial charge in [-0.15, -0.1) is 11.3 Å². The summed E-state index contributed by atoms with van der Waals surface area (Å²) >= 11 is 1.69. The van der Waals surface area contributed by atoms with Crippen LogP contribution in [0, 0.1) is 0 Å². The first-order valence-electron chi connectivity index (χ1n) is 6.88. The highest BCUT2D eigenvalue weighted by molar-refractivity contribution is 7.09. The maximum absolute atomic E-state index is 5.66. The van der Waals surface area contributed by atoms with Gasteiger partial charge in [-0.2, -0.15) is 0 Å². The summed E-state index contributed by atoms with van der Waals surface area (Å²) in [4.78, 5) is 4.37. The lowest BCUT2D eigenvalue weighted by molar-refractivity contribution is 0.171. The molecule has 1 atom stereocenters. The first-order chi connectivity index (χ1) is 9.86. The zero-order chi connectivity index (χ0) is 13.8. The molecule has 1 unspecified atom stereocenters. The molecule has 0 bridgehead atoms. The summed E-state index contributed by atoms with van der Waals surface area (Å²) in [7, 11) is 0. The molecule has 106 valence electrons. The smallest absolute Gasteiger partial charge is 0.161 e. The van der Waals surface area contributed by atoms with E-state index in [1.165, 1.54) is 5.56 Å². The van der Waals surface area contributed by atoms with Crippen LogP contribution in [0.5, 0.6) is 11.5 Å². The van der Waals surface area contributed by atoms with Gasteiger partial charge in [0.2, 0.25) is 0 Å². The number of thiazole rings is 1. The predicted molar refractivity (Wildman–Crippen MR) is 79.7 cm³/mol. The Morgan fingerprint density at radius 3 is 2.90 bits per heavy atom. The summed E-state index contributed by atoms with van der Waals surface area (Å²) in [6, 6.07) is 6.43. The second-order valence-corrected chi connectivity index (χ2v) is 5.62. The minimum atomic E-state index is 0.252. The van der Waals surface area contributed by atoms with Crippen LogP contribution in [0.4, 0.5) is 0 Å². The van der Waals surface area contributed by atoms with Gasteiger partial charge in [0, 0.05) is 24.0 Å². The maximum atomic E-state index is 5.66. The number of hydrogen-bond donors (Lipinski definition) is 1. The van der Waals surface area contributed by atoms with E-state index in [1.807, 2.05) is 17.6 Å².